The molecule has 0 aromatic rings. The Balaban J connectivity index is 4.18. The van der Waals surface area contributed by atoms with Gasteiger partial charge in [-0.1, -0.05) is 6.92 Å². The average molecular weight is 187 g/mol. The van der Waals surface area contributed by atoms with Gasteiger partial charge in [-0.15, -0.1) is 0 Å². The Labute approximate surface area is 75.6 Å². The van der Waals surface area contributed by atoms with Gasteiger partial charge in [0.05, 0.1) is 6.42 Å². The lowest BCUT2D eigenvalue weighted by atomic mass is 10.2. The van der Waals surface area contributed by atoms with Gasteiger partial charge in [0.15, 0.2) is 0 Å². The average Bonchev–Trinajstić information content (AvgIpc) is 2.02. The molecule has 0 aliphatic heterocycles. The third kappa shape index (κ3) is 4.78. The van der Waals surface area contributed by atoms with Gasteiger partial charge < -0.3 is 16.8 Å². The summed E-state index contributed by atoms with van der Waals surface area (Å²) >= 11 is 0. The number of carbonyl (C=O) groups is 3. The number of nitrogens with two attached hydrogens (primary N) is 2. The van der Waals surface area contributed by atoms with E-state index in [-0.39, 0.29) is 18.7 Å². The van der Waals surface area contributed by atoms with Crippen molar-refractivity contribution < 1.29 is 14.4 Å². The number of rotatable bonds is 5. The summed E-state index contributed by atoms with van der Waals surface area (Å²) in [6, 6.07) is -0.995. The second-order valence-corrected chi connectivity index (χ2v) is 2.55. The van der Waals surface area contributed by atoms with Crippen molar-refractivity contribution in [3.63, 3.8) is 0 Å². The summed E-state index contributed by atoms with van der Waals surface area (Å²) in [7, 11) is 0. The van der Waals surface area contributed by atoms with E-state index in [9.17, 15) is 14.4 Å². The fraction of sp³-hybridized carbons (Fsp3) is 0.571. The zero-order chi connectivity index (χ0) is 10.4. The lowest BCUT2D eigenvalue weighted by Crippen LogP contribution is -2.46. The summed E-state index contributed by atoms with van der Waals surface area (Å²) in [4.78, 5) is 32.0. The van der Waals surface area contributed by atoms with E-state index >= 15 is 0 Å². The molecule has 0 spiro atoms. The second-order valence-electron chi connectivity index (χ2n) is 2.55. The first-order valence-electron chi connectivity index (χ1n) is 3.84. The number of hydrogen-bond donors (Lipinski definition) is 3. The molecule has 0 radical (unpaired) electrons. The Morgan fingerprint density at radius 2 is 1.85 bits per heavy atom. The SMILES string of the molecule is CCC(=O)N[C@H](CC(N)=O)C(N)=O. The highest BCUT2D eigenvalue weighted by molar-refractivity contribution is 5.90. The van der Waals surface area contributed by atoms with Crippen LogP contribution in [0.1, 0.15) is 19.8 Å². The molecule has 0 bridgehead atoms. The summed E-state index contributed by atoms with van der Waals surface area (Å²) in [5.41, 5.74) is 9.78. The third-order valence-corrected chi connectivity index (χ3v) is 1.41. The highest BCUT2D eigenvalue weighted by atomic mass is 16.2. The Kier molecular flexibility index (Phi) is 4.50. The second kappa shape index (κ2) is 5.13. The summed E-state index contributed by atoms with van der Waals surface area (Å²) in [6.45, 7) is 1.62. The van der Waals surface area contributed by atoms with Crippen LogP contribution in [0.4, 0.5) is 0 Å². The van der Waals surface area contributed by atoms with Crippen LogP contribution < -0.4 is 16.8 Å². The molecule has 6 heteroatoms. The van der Waals surface area contributed by atoms with Gasteiger partial charge in [-0.25, -0.2) is 0 Å². The lowest BCUT2D eigenvalue weighted by Gasteiger charge is -2.12. The zero-order valence-corrected chi connectivity index (χ0v) is 7.37. The highest BCUT2D eigenvalue weighted by Gasteiger charge is 2.19. The van der Waals surface area contributed by atoms with Gasteiger partial charge in [-0.05, 0) is 0 Å². The van der Waals surface area contributed by atoms with Crippen LogP contribution in [0.5, 0.6) is 0 Å². The first-order valence-corrected chi connectivity index (χ1v) is 3.84. The van der Waals surface area contributed by atoms with Crippen molar-refractivity contribution in [3.05, 3.63) is 0 Å². The van der Waals surface area contributed by atoms with E-state index in [1.807, 2.05) is 0 Å². The van der Waals surface area contributed by atoms with Crippen molar-refractivity contribution in [2.45, 2.75) is 25.8 Å². The zero-order valence-electron chi connectivity index (χ0n) is 7.37. The molecule has 0 saturated heterocycles. The van der Waals surface area contributed by atoms with Crippen LogP contribution in [0.25, 0.3) is 0 Å². The van der Waals surface area contributed by atoms with Crippen molar-refractivity contribution in [1.29, 1.82) is 0 Å². The van der Waals surface area contributed by atoms with Gasteiger partial charge in [0.25, 0.3) is 0 Å². The van der Waals surface area contributed by atoms with Crippen molar-refractivity contribution in [2.75, 3.05) is 0 Å². The van der Waals surface area contributed by atoms with Crippen molar-refractivity contribution in [1.82, 2.24) is 5.32 Å². The van der Waals surface area contributed by atoms with Crippen LogP contribution in [-0.4, -0.2) is 23.8 Å². The molecular weight excluding hydrogens is 174 g/mol. The molecule has 0 unspecified atom stereocenters. The molecule has 0 saturated carbocycles. The highest BCUT2D eigenvalue weighted by Crippen LogP contribution is 1.91. The van der Waals surface area contributed by atoms with Crippen LogP contribution in [0, 0.1) is 0 Å². The normalized spacial score (nSPS) is 11.8. The predicted molar refractivity (Wildman–Crippen MR) is 45.2 cm³/mol. The molecule has 0 aliphatic carbocycles. The lowest BCUT2D eigenvalue weighted by molar-refractivity contribution is -0.129. The molecule has 0 heterocycles. The maximum atomic E-state index is 10.8. The largest absolute Gasteiger partial charge is 0.370 e. The monoisotopic (exact) mass is 187 g/mol. The van der Waals surface area contributed by atoms with Crippen molar-refractivity contribution >= 4 is 17.7 Å². The Morgan fingerprint density at radius 3 is 2.15 bits per heavy atom. The fourth-order valence-electron chi connectivity index (χ4n) is 0.720. The molecule has 0 aliphatic rings. The van der Waals surface area contributed by atoms with E-state index in [4.69, 9.17) is 11.5 Å². The van der Waals surface area contributed by atoms with Gasteiger partial charge in [0, 0.05) is 6.42 Å². The van der Waals surface area contributed by atoms with E-state index in [0.29, 0.717) is 0 Å². The molecule has 0 aromatic carbocycles. The molecule has 0 aromatic heterocycles. The first kappa shape index (κ1) is 11.4. The van der Waals surface area contributed by atoms with Gasteiger partial charge in [-0.2, -0.15) is 0 Å². The number of hydrogen-bond acceptors (Lipinski definition) is 3. The summed E-state index contributed by atoms with van der Waals surface area (Å²) in [6.07, 6.45) is -0.0381. The maximum absolute atomic E-state index is 10.8. The summed E-state index contributed by atoms with van der Waals surface area (Å²) < 4.78 is 0. The third-order valence-electron chi connectivity index (χ3n) is 1.41. The molecule has 0 fully saturated rings. The van der Waals surface area contributed by atoms with Crippen LogP contribution in [-0.2, 0) is 14.4 Å². The summed E-state index contributed by atoms with van der Waals surface area (Å²) in [5.74, 6) is -1.79. The van der Waals surface area contributed by atoms with Crippen LogP contribution in [0.2, 0.25) is 0 Å². The maximum Gasteiger partial charge on any atom is 0.240 e. The van der Waals surface area contributed by atoms with Crippen molar-refractivity contribution in [2.24, 2.45) is 11.5 Å². The minimum atomic E-state index is -0.995. The van der Waals surface area contributed by atoms with E-state index < -0.39 is 17.9 Å². The minimum absolute atomic E-state index is 0.225. The van der Waals surface area contributed by atoms with E-state index in [1.165, 1.54) is 0 Å². The van der Waals surface area contributed by atoms with E-state index in [1.54, 1.807) is 6.92 Å². The number of amides is 3. The minimum Gasteiger partial charge on any atom is -0.370 e. The molecule has 1 atom stereocenters. The van der Waals surface area contributed by atoms with Gasteiger partial charge in [-0.3, -0.25) is 14.4 Å². The number of nitrogens with one attached hydrogen (secondary N) is 1. The molecule has 74 valence electrons. The first-order chi connectivity index (χ1) is 5.97. The Morgan fingerprint density at radius 1 is 1.31 bits per heavy atom. The topological polar surface area (TPSA) is 115 Å². The Bertz CT molecular complexity index is 227. The molecule has 13 heavy (non-hydrogen) atoms. The van der Waals surface area contributed by atoms with Gasteiger partial charge in [0.1, 0.15) is 6.04 Å². The molecular formula is C7H13N3O3. The predicted octanol–water partition coefficient (Wildman–Crippen LogP) is -1.76. The quantitative estimate of drug-likeness (QED) is 0.473. The standard InChI is InChI=1S/C7H13N3O3/c1-2-6(12)10-4(7(9)13)3-5(8)11/h4H,2-3H2,1H3,(H2,8,11)(H2,9,13)(H,10,12)/t4-/m1/s1. The molecule has 3 amide bonds. The van der Waals surface area contributed by atoms with E-state index in [2.05, 4.69) is 5.32 Å². The van der Waals surface area contributed by atoms with Gasteiger partial charge in [0.2, 0.25) is 17.7 Å². The van der Waals surface area contributed by atoms with Gasteiger partial charge >= 0.3 is 0 Å². The summed E-state index contributed by atoms with van der Waals surface area (Å²) in [5, 5.41) is 2.28. The van der Waals surface area contributed by atoms with Crippen LogP contribution in [0.3, 0.4) is 0 Å². The van der Waals surface area contributed by atoms with Crippen LogP contribution in [0.15, 0.2) is 0 Å². The fourth-order valence-corrected chi connectivity index (χ4v) is 0.720. The molecule has 0 rings (SSSR count). The smallest absolute Gasteiger partial charge is 0.240 e. The molecule has 6 nitrogen and oxygen atoms in total. The Hall–Kier alpha value is -1.59. The van der Waals surface area contributed by atoms with Crippen LogP contribution >= 0.6 is 0 Å². The number of primary amides is 2. The number of carbonyl (C=O) groups excluding carboxylic acids is 3. The molecule has 5 N–H and O–H groups in total. The van der Waals surface area contributed by atoms with Crippen molar-refractivity contribution in [3.8, 4) is 0 Å². The van der Waals surface area contributed by atoms with E-state index in [0.717, 1.165) is 0 Å².